The number of hydrogen-bond acceptors (Lipinski definition) is 4. The fourth-order valence-electron chi connectivity index (χ4n) is 2.93. The highest BCUT2D eigenvalue weighted by molar-refractivity contribution is 7.22. The summed E-state index contributed by atoms with van der Waals surface area (Å²) >= 11 is 1.35. The van der Waals surface area contributed by atoms with E-state index in [0.717, 1.165) is 21.5 Å². The first-order valence-electron chi connectivity index (χ1n) is 9.40. The van der Waals surface area contributed by atoms with Gasteiger partial charge in [0.25, 0.3) is 5.91 Å². The number of nitrogens with one attached hydrogen (secondary N) is 3. The van der Waals surface area contributed by atoms with Gasteiger partial charge in [-0.05, 0) is 67.4 Å². The van der Waals surface area contributed by atoms with Gasteiger partial charge in [0.1, 0.15) is 0 Å². The van der Waals surface area contributed by atoms with E-state index < -0.39 is 0 Å². The van der Waals surface area contributed by atoms with Crippen LogP contribution < -0.4 is 16.0 Å². The molecule has 6 nitrogen and oxygen atoms in total. The van der Waals surface area contributed by atoms with Gasteiger partial charge in [0, 0.05) is 16.9 Å². The number of fused-ring (bicyclic) bond motifs is 1. The molecule has 1 heterocycles. The number of rotatable bonds is 4. The quantitative estimate of drug-likeness (QED) is 0.393. The van der Waals surface area contributed by atoms with Gasteiger partial charge in [0.15, 0.2) is 5.13 Å². The van der Waals surface area contributed by atoms with E-state index in [1.165, 1.54) is 16.9 Å². The van der Waals surface area contributed by atoms with Crippen LogP contribution in [0, 0.1) is 13.8 Å². The van der Waals surface area contributed by atoms with Gasteiger partial charge in [0.05, 0.1) is 10.2 Å². The Hall–Kier alpha value is -3.71. The maximum Gasteiger partial charge on any atom is 0.323 e. The van der Waals surface area contributed by atoms with Crippen molar-refractivity contribution in [1.82, 2.24) is 4.98 Å². The lowest BCUT2D eigenvalue weighted by Crippen LogP contribution is -2.19. The normalized spacial score (nSPS) is 10.6. The summed E-state index contributed by atoms with van der Waals surface area (Å²) in [7, 11) is 0. The number of urea groups is 1. The first-order valence-corrected chi connectivity index (χ1v) is 10.2. The van der Waals surface area contributed by atoms with Crippen molar-refractivity contribution in [1.29, 1.82) is 0 Å². The molecule has 4 rings (SSSR count). The van der Waals surface area contributed by atoms with E-state index in [0.29, 0.717) is 16.4 Å². The number of anilines is 3. The molecule has 0 saturated heterocycles. The molecular formula is C23H20N4O2S. The topological polar surface area (TPSA) is 83.1 Å². The molecular weight excluding hydrogens is 396 g/mol. The summed E-state index contributed by atoms with van der Waals surface area (Å²) in [6.45, 7) is 4.03. The van der Waals surface area contributed by atoms with Crippen LogP contribution >= 0.6 is 11.3 Å². The Labute approximate surface area is 178 Å². The zero-order valence-electron chi connectivity index (χ0n) is 16.5. The number of amides is 3. The van der Waals surface area contributed by atoms with Crippen molar-refractivity contribution < 1.29 is 9.59 Å². The van der Waals surface area contributed by atoms with Crippen LogP contribution in [0.2, 0.25) is 0 Å². The van der Waals surface area contributed by atoms with Crippen molar-refractivity contribution in [3.05, 3.63) is 83.4 Å². The van der Waals surface area contributed by atoms with Gasteiger partial charge in [-0.2, -0.15) is 0 Å². The molecule has 0 spiro atoms. The lowest BCUT2D eigenvalue weighted by Gasteiger charge is -2.09. The predicted molar refractivity (Wildman–Crippen MR) is 123 cm³/mol. The highest BCUT2D eigenvalue weighted by atomic mass is 32.1. The van der Waals surface area contributed by atoms with E-state index in [-0.39, 0.29) is 11.9 Å². The van der Waals surface area contributed by atoms with Crippen molar-refractivity contribution >= 4 is 50.0 Å². The molecule has 150 valence electrons. The number of aryl methyl sites for hydroxylation is 2. The zero-order chi connectivity index (χ0) is 21.1. The van der Waals surface area contributed by atoms with Crippen molar-refractivity contribution in [2.75, 3.05) is 16.0 Å². The maximum absolute atomic E-state index is 12.3. The van der Waals surface area contributed by atoms with E-state index in [2.05, 4.69) is 20.9 Å². The van der Waals surface area contributed by atoms with Crippen molar-refractivity contribution in [2.45, 2.75) is 13.8 Å². The molecule has 3 aromatic carbocycles. The fourth-order valence-corrected chi connectivity index (χ4v) is 3.83. The van der Waals surface area contributed by atoms with Crippen LogP contribution in [0.4, 0.5) is 21.3 Å². The number of thiazole rings is 1. The molecule has 0 unspecified atom stereocenters. The minimum absolute atomic E-state index is 0.208. The Bertz CT molecular complexity index is 1230. The summed E-state index contributed by atoms with van der Waals surface area (Å²) in [5.41, 5.74) is 5.00. The van der Waals surface area contributed by atoms with E-state index in [9.17, 15) is 9.59 Å². The predicted octanol–water partition coefficient (Wildman–Crippen LogP) is 5.81. The first kappa shape index (κ1) is 19.6. The molecule has 0 radical (unpaired) electrons. The summed E-state index contributed by atoms with van der Waals surface area (Å²) in [5, 5.41) is 9.00. The monoisotopic (exact) mass is 416 g/mol. The summed E-state index contributed by atoms with van der Waals surface area (Å²) in [5.74, 6) is -0.208. The summed E-state index contributed by atoms with van der Waals surface area (Å²) < 4.78 is 0.863. The average Bonchev–Trinajstić information content (AvgIpc) is 3.13. The van der Waals surface area contributed by atoms with Crippen LogP contribution in [0.1, 0.15) is 21.5 Å². The summed E-state index contributed by atoms with van der Waals surface area (Å²) in [6, 6.07) is 19.9. The fraction of sp³-hybridized carbons (Fsp3) is 0.0870. The third-order valence-corrected chi connectivity index (χ3v) is 5.60. The second-order valence-electron chi connectivity index (χ2n) is 6.90. The average molecular weight is 417 g/mol. The molecule has 0 saturated carbocycles. The molecule has 0 bridgehead atoms. The minimum atomic E-state index is -0.320. The number of carbonyl (C=O) groups excluding carboxylic acids is 2. The Balaban J connectivity index is 1.44. The van der Waals surface area contributed by atoms with E-state index >= 15 is 0 Å². The Morgan fingerprint density at radius 1 is 0.800 bits per heavy atom. The molecule has 7 heteroatoms. The Kier molecular flexibility index (Phi) is 5.45. The van der Waals surface area contributed by atoms with Crippen LogP contribution in [0.3, 0.4) is 0 Å². The number of aromatic nitrogens is 1. The van der Waals surface area contributed by atoms with Crippen LogP contribution in [-0.4, -0.2) is 16.9 Å². The molecule has 1 aromatic heterocycles. The number of benzene rings is 3. The third kappa shape index (κ3) is 4.47. The van der Waals surface area contributed by atoms with Gasteiger partial charge < -0.3 is 10.6 Å². The Morgan fingerprint density at radius 3 is 2.23 bits per heavy atom. The van der Waals surface area contributed by atoms with Gasteiger partial charge >= 0.3 is 6.03 Å². The second-order valence-corrected chi connectivity index (χ2v) is 7.93. The van der Waals surface area contributed by atoms with Gasteiger partial charge in [-0.3, -0.25) is 10.1 Å². The number of carbonyl (C=O) groups is 2. The van der Waals surface area contributed by atoms with Crippen LogP contribution in [-0.2, 0) is 0 Å². The largest absolute Gasteiger partial charge is 0.323 e. The zero-order valence-corrected chi connectivity index (χ0v) is 17.3. The molecule has 0 aliphatic rings. The van der Waals surface area contributed by atoms with Crippen LogP contribution in [0.5, 0.6) is 0 Å². The molecule has 30 heavy (non-hydrogen) atoms. The van der Waals surface area contributed by atoms with E-state index in [4.69, 9.17) is 0 Å². The SMILES string of the molecule is Cc1ccc(NC(=O)Nc2ccc3nc(NC(=O)c4ccccc4)sc3c2)cc1C. The first-order chi connectivity index (χ1) is 14.5. The summed E-state index contributed by atoms with van der Waals surface area (Å²) in [6.07, 6.45) is 0. The highest BCUT2D eigenvalue weighted by Crippen LogP contribution is 2.29. The molecule has 0 atom stereocenters. The van der Waals surface area contributed by atoms with E-state index in [1.807, 2.05) is 62.4 Å². The minimum Gasteiger partial charge on any atom is -0.308 e. The lowest BCUT2D eigenvalue weighted by molar-refractivity contribution is 0.102. The van der Waals surface area contributed by atoms with Crippen LogP contribution in [0.25, 0.3) is 10.2 Å². The van der Waals surface area contributed by atoms with Crippen molar-refractivity contribution in [2.24, 2.45) is 0 Å². The van der Waals surface area contributed by atoms with Gasteiger partial charge in [-0.1, -0.05) is 35.6 Å². The second kappa shape index (κ2) is 8.34. The molecule has 4 aromatic rings. The smallest absolute Gasteiger partial charge is 0.308 e. The molecule has 0 aliphatic carbocycles. The van der Waals surface area contributed by atoms with Crippen molar-refractivity contribution in [3.8, 4) is 0 Å². The number of nitrogens with zero attached hydrogens (tertiary/aromatic N) is 1. The molecule has 3 amide bonds. The van der Waals surface area contributed by atoms with Gasteiger partial charge in [-0.25, -0.2) is 9.78 Å². The molecule has 3 N–H and O–H groups in total. The number of hydrogen-bond donors (Lipinski definition) is 3. The van der Waals surface area contributed by atoms with Crippen molar-refractivity contribution in [3.63, 3.8) is 0 Å². The van der Waals surface area contributed by atoms with E-state index in [1.54, 1.807) is 18.2 Å². The third-order valence-electron chi connectivity index (χ3n) is 4.67. The molecule has 0 fully saturated rings. The summed E-state index contributed by atoms with van der Waals surface area (Å²) in [4.78, 5) is 29.1. The van der Waals surface area contributed by atoms with Gasteiger partial charge in [0.2, 0.25) is 0 Å². The standard InChI is InChI=1S/C23H20N4O2S/c1-14-8-9-17(12-15(14)2)24-22(29)25-18-10-11-19-20(13-18)30-23(26-19)27-21(28)16-6-4-3-5-7-16/h3-13H,1-2H3,(H2,24,25,29)(H,26,27,28). The highest BCUT2D eigenvalue weighted by Gasteiger charge is 2.11. The Morgan fingerprint density at radius 2 is 1.50 bits per heavy atom. The van der Waals surface area contributed by atoms with Crippen LogP contribution in [0.15, 0.2) is 66.7 Å². The molecule has 0 aliphatic heterocycles. The van der Waals surface area contributed by atoms with Gasteiger partial charge in [-0.15, -0.1) is 0 Å². The maximum atomic E-state index is 12.3. The lowest BCUT2D eigenvalue weighted by atomic mass is 10.1.